The first-order valence-electron chi connectivity index (χ1n) is 7.55. The molecule has 0 spiro atoms. The summed E-state index contributed by atoms with van der Waals surface area (Å²) >= 11 is 5.89. The van der Waals surface area contributed by atoms with Crippen LogP contribution in [0.1, 0.15) is 10.4 Å². The zero-order valence-corrected chi connectivity index (χ0v) is 15.1. The third-order valence-corrected chi connectivity index (χ3v) is 3.79. The summed E-state index contributed by atoms with van der Waals surface area (Å²) < 4.78 is 18.5. The normalized spacial score (nSPS) is 10.2. The first-order chi connectivity index (χ1) is 12.7. The Kier molecular flexibility index (Phi) is 6.30. The topological polar surface area (TPSA) is 102 Å². The third kappa shape index (κ3) is 4.91. The first-order valence-corrected chi connectivity index (χ1v) is 7.93. The molecule has 0 bridgehead atoms. The van der Waals surface area contributed by atoms with Gasteiger partial charge in [-0.05, 0) is 30.3 Å². The van der Waals surface area contributed by atoms with Crippen LogP contribution < -0.4 is 10.1 Å². The Morgan fingerprint density at radius 1 is 1.30 bits per heavy atom. The van der Waals surface area contributed by atoms with E-state index in [2.05, 4.69) is 5.32 Å². The van der Waals surface area contributed by atoms with Crippen LogP contribution in [0.3, 0.4) is 0 Å². The van der Waals surface area contributed by atoms with E-state index in [9.17, 15) is 24.1 Å². The minimum atomic E-state index is -1.05. The van der Waals surface area contributed by atoms with Gasteiger partial charge in [0.2, 0.25) is 11.7 Å². The van der Waals surface area contributed by atoms with Crippen LogP contribution in [0.15, 0.2) is 36.4 Å². The molecular weight excluding hydrogens is 381 g/mol. The molecule has 0 unspecified atom stereocenters. The van der Waals surface area contributed by atoms with E-state index in [1.165, 1.54) is 20.2 Å². The lowest BCUT2D eigenvalue weighted by atomic mass is 10.1. The number of nitrogens with zero attached hydrogens (tertiary/aromatic N) is 2. The molecule has 2 amide bonds. The molecule has 0 saturated heterocycles. The second-order valence-electron chi connectivity index (χ2n) is 5.48. The molecule has 0 saturated carbocycles. The molecule has 142 valence electrons. The Labute approximate surface area is 158 Å². The molecule has 0 fully saturated rings. The van der Waals surface area contributed by atoms with Crippen molar-refractivity contribution >= 4 is 34.8 Å². The van der Waals surface area contributed by atoms with Gasteiger partial charge in [0.15, 0.2) is 0 Å². The molecule has 27 heavy (non-hydrogen) atoms. The van der Waals surface area contributed by atoms with Gasteiger partial charge in [0.25, 0.3) is 5.91 Å². The molecule has 2 aromatic rings. The lowest BCUT2D eigenvalue weighted by Crippen LogP contribution is -2.35. The SMILES string of the molecule is COc1ccc(Cl)cc1NC(=O)CN(C)C(=O)c1ccc(F)c([N+](=O)[O-])c1. The van der Waals surface area contributed by atoms with Crippen molar-refractivity contribution in [1.82, 2.24) is 4.90 Å². The Bertz CT molecular complexity index is 906. The minimum absolute atomic E-state index is 0.112. The van der Waals surface area contributed by atoms with E-state index >= 15 is 0 Å². The van der Waals surface area contributed by atoms with Gasteiger partial charge in [0, 0.05) is 23.7 Å². The monoisotopic (exact) mass is 395 g/mol. The second-order valence-corrected chi connectivity index (χ2v) is 5.91. The minimum Gasteiger partial charge on any atom is -0.495 e. The highest BCUT2D eigenvalue weighted by atomic mass is 35.5. The summed E-state index contributed by atoms with van der Waals surface area (Å²) in [5.74, 6) is -1.88. The molecule has 0 aliphatic heterocycles. The zero-order chi connectivity index (χ0) is 20.1. The molecule has 0 aromatic heterocycles. The molecule has 0 radical (unpaired) electrons. The van der Waals surface area contributed by atoms with Crippen molar-refractivity contribution in [2.75, 3.05) is 26.0 Å². The molecule has 2 rings (SSSR count). The number of hydrogen-bond acceptors (Lipinski definition) is 5. The zero-order valence-electron chi connectivity index (χ0n) is 14.4. The maximum absolute atomic E-state index is 13.4. The van der Waals surface area contributed by atoms with Crippen molar-refractivity contribution in [1.29, 1.82) is 0 Å². The molecule has 10 heteroatoms. The summed E-state index contributed by atoms with van der Waals surface area (Å²) in [6, 6.07) is 7.42. The number of methoxy groups -OCH3 is 1. The number of nitro groups is 1. The van der Waals surface area contributed by atoms with E-state index < -0.39 is 28.2 Å². The highest BCUT2D eigenvalue weighted by Gasteiger charge is 2.21. The standard InChI is InChI=1S/C17H15ClFN3O5/c1-21(17(24)10-3-5-12(19)14(7-10)22(25)26)9-16(23)20-13-8-11(18)4-6-15(13)27-2/h3-8H,9H2,1-2H3,(H,20,23). The number of amides is 2. The van der Waals surface area contributed by atoms with Gasteiger partial charge in [-0.3, -0.25) is 19.7 Å². The Hall–Kier alpha value is -3.20. The average molecular weight is 396 g/mol. The van der Waals surface area contributed by atoms with E-state index in [4.69, 9.17) is 16.3 Å². The molecule has 0 aliphatic rings. The van der Waals surface area contributed by atoms with E-state index in [1.807, 2.05) is 0 Å². The fraction of sp³-hybridized carbons (Fsp3) is 0.176. The van der Waals surface area contributed by atoms with Crippen molar-refractivity contribution in [3.8, 4) is 5.75 Å². The maximum Gasteiger partial charge on any atom is 0.305 e. The predicted molar refractivity (Wildman–Crippen MR) is 96.6 cm³/mol. The van der Waals surface area contributed by atoms with Crippen LogP contribution in [-0.4, -0.2) is 42.3 Å². The number of ether oxygens (including phenoxy) is 1. The van der Waals surface area contributed by atoms with Crippen LogP contribution in [0.5, 0.6) is 5.75 Å². The van der Waals surface area contributed by atoms with Gasteiger partial charge >= 0.3 is 5.69 Å². The quantitative estimate of drug-likeness (QED) is 0.598. The molecule has 1 N–H and O–H groups in total. The fourth-order valence-electron chi connectivity index (χ4n) is 2.26. The average Bonchev–Trinajstić information content (AvgIpc) is 2.61. The largest absolute Gasteiger partial charge is 0.495 e. The van der Waals surface area contributed by atoms with Crippen molar-refractivity contribution in [2.24, 2.45) is 0 Å². The molecule has 0 heterocycles. The molecular formula is C17H15ClFN3O5. The number of rotatable bonds is 6. The Morgan fingerprint density at radius 3 is 2.63 bits per heavy atom. The molecule has 0 atom stereocenters. The molecule has 2 aromatic carbocycles. The summed E-state index contributed by atoms with van der Waals surface area (Å²) in [6.07, 6.45) is 0. The number of halogens is 2. The number of benzene rings is 2. The number of carbonyl (C=O) groups is 2. The van der Waals surface area contributed by atoms with E-state index in [0.717, 1.165) is 23.1 Å². The van der Waals surface area contributed by atoms with Crippen molar-refractivity contribution in [3.63, 3.8) is 0 Å². The van der Waals surface area contributed by atoms with E-state index in [1.54, 1.807) is 12.1 Å². The van der Waals surface area contributed by atoms with Crippen LogP contribution in [0.25, 0.3) is 0 Å². The van der Waals surface area contributed by atoms with Crippen molar-refractivity contribution < 1.29 is 23.6 Å². The highest BCUT2D eigenvalue weighted by Crippen LogP contribution is 2.27. The fourth-order valence-corrected chi connectivity index (χ4v) is 2.43. The van der Waals surface area contributed by atoms with Gasteiger partial charge in [-0.15, -0.1) is 0 Å². The van der Waals surface area contributed by atoms with Crippen molar-refractivity contribution in [3.05, 3.63) is 62.9 Å². The van der Waals surface area contributed by atoms with Crippen molar-refractivity contribution in [2.45, 2.75) is 0 Å². The lowest BCUT2D eigenvalue weighted by molar-refractivity contribution is -0.387. The summed E-state index contributed by atoms with van der Waals surface area (Å²) in [7, 11) is 2.77. The first kappa shape index (κ1) is 20.1. The van der Waals surface area contributed by atoms with Gasteiger partial charge in [0.1, 0.15) is 5.75 Å². The smallest absolute Gasteiger partial charge is 0.305 e. The van der Waals surface area contributed by atoms with Crippen LogP contribution in [-0.2, 0) is 4.79 Å². The molecule has 0 aliphatic carbocycles. The van der Waals surface area contributed by atoms with Crippen LogP contribution in [0.4, 0.5) is 15.8 Å². The highest BCUT2D eigenvalue weighted by molar-refractivity contribution is 6.31. The van der Waals surface area contributed by atoms with Gasteiger partial charge < -0.3 is 15.0 Å². The van der Waals surface area contributed by atoms with Crippen LogP contribution in [0, 0.1) is 15.9 Å². The van der Waals surface area contributed by atoms with Gasteiger partial charge in [-0.25, -0.2) is 0 Å². The Balaban J connectivity index is 2.10. The van der Waals surface area contributed by atoms with E-state index in [0.29, 0.717) is 16.5 Å². The number of nitrogens with one attached hydrogen (secondary N) is 1. The van der Waals surface area contributed by atoms with E-state index in [-0.39, 0.29) is 12.1 Å². The van der Waals surface area contributed by atoms with Gasteiger partial charge in [0.05, 0.1) is 24.3 Å². The summed E-state index contributed by atoms with van der Waals surface area (Å²) in [5, 5.41) is 13.7. The van der Waals surface area contributed by atoms with Gasteiger partial charge in [-0.1, -0.05) is 11.6 Å². The number of likely N-dealkylation sites (N-methyl/N-ethyl adjacent to an activating group) is 1. The Morgan fingerprint density at radius 2 is 2.00 bits per heavy atom. The number of carbonyl (C=O) groups excluding carboxylic acids is 2. The third-order valence-electron chi connectivity index (χ3n) is 3.55. The number of anilines is 1. The van der Waals surface area contributed by atoms with Gasteiger partial charge in [-0.2, -0.15) is 4.39 Å². The lowest BCUT2D eigenvalue weighted by Gasteiger charge is -2.17. The van der Waals surface area contributed by atoms with Crippen LogP contribution in [0.2, 0.25) is 5.02 Å². The summed E-state index contributed by atoms with van der Waals surface area (Å²) in [5.41, 5.74) is -0.602. The summed E-state index contributed by atoms with van der Waals surface area (Å²) in [6.45, 7) is -0.348. The second kappa shape index (κ2) is 8.45. The van der Waals surface area contributed by atoms with Crippen LogP contribution >= 0.6 is 11.6 Å². The number of nitro benzene ring substituents is 1. The molecule has 8 nitrogen and oxygen atoms in total. The number of hydrogen-bond donors (Lipinski definition) is 1. The maximum atomic E-state index is 13.4. The summed E-state index contributed by atoms with van der Waals surface area (Å²) in [4.78, 5) is 35.5. The predicted octanol–water partition coefficient (Wildman–Crippen LogP) is 3.11.